The molecule has 24 heavy (non-hydrogen) atoms. The van der Waals surface area contributed by atoms with Crippen LogP contribution in [0, 0.1) is 5.82 Å². The number of benzene rings is 1. The van der Waals surface area contributed by atoms with Gasteiger partial charge >= 0.3 is 0 Å². The fraction of sp³-hybridized carbons (Fsp3) is 0.389. The molecule has 3 aromatic rings. The third-order valence-corrected chi connectivity index (χ3v) is 10.5. The summed E-state index contributed by atoms with van der Waals surface area (Å²) in [6.07, 6.45) is 3.59. The second kappa shape index (κ2) is 6.09. The molecule has 0 saturated carbocycles. The highest BCUT2D eigenvalue weighted by Gasteiger charge is 2.37. The van der Waals surface area contributed by atoms with E-state index in [4.69, 9.17) is 4.43 Å². The molecule has 0 aliphatic carbocycles. The summed E-state index contributed by atoms with van der Waals surface area (Å²) in [6.45, 7) is 11.6. The summed E-state index contributed by atoms with van der Waals surface area (Å²) < 4.78 is 22.7. The van der Waals surface area contributed by atoms with Crippen LogP contribution in [0.4, 0.5) is 4.39 Å². The van der Waals surface area contributed by atoms with Gasteiger partial charge in [0.05, 0.1) is 23.4 Å². The zero-order valence-corrected chi connectivity index (χ0v) is 16.6. The number of aromatic nitrogens is 2. The molecule has 2 aromatic heterocycles. The van der Waals surface area contributed by atoms with E-state index in [0.717, 1.165) is 15.4 Å². The van der Waals surface area contributed by atoms with Crippen LogP contribution in [0.5, 0.6) is 0 Å². The lowest BCUT2D eigenvalue weighted by atomic mass is 10.1. The van der Waals surface area contributed by atoms with Gasteiger partial charge in [-0.3, -0.25) is 4.40 Å². The van der Waals surface area contributed by atoms with Crippen molar-refractivity contribution in [2.24, 2.45) is 0 Å². The van der Waals surface area contributed by atoms with Gasteiger partial charge in [0, 0.05) is 5.56 Å². The molecule has 128 valence electrons. The molecule has 0 aliphatic heterocycles. The summed E-state index contributed by atoms with van der Waals surface area (Å²) in [5.74, 6) is -0.205. The fourth-order valence-corrected chi connectivity index (χ4v) is 4.35. The zero-order chi connectivity index (χ0) is 17.5. The van der Waals surface area contributed by atoms with Crippen LogP contribution < -0.4 is 0 Å². The number of hydrogen-bond acceptors (Lipinski definition) is 3. The minimum absolute atomic E-state index is 0.134. The molecule has 6 heteroatoms. The van der Waals surface area contributed by atoms with Crippen LogP contribution in [0.3, 0.4) is 0 Å². The number of nitrogens with zero attached hydrogens (tertiary/aromatic N) is 2. The van der Waals surface area contributed by atoms with E-state index < -0.39 is 8.32 Å². The first-order valence-electron chi connectivity index (χ1n) is 8.03. The maximum Gasteiger partial charge on any atom is 0.192 e. The van der Waals surface area contributed by atoms with Crippen LogP contribution >= 0.6 is 11.3 Å². The Balaban J connectivity index is 2.02. The first-order valence-corrected chi connectivity index (χ1v) is 11.8. The normalized spacial score (nSPS) is 12.9. The van der Waals surface area contributed by atoms with Crippen molar-refractivity contribution >= 4 is 24.5 Å². The highest BCUT2D eigenvalue weighted by molar-refractivity contribution is 7.20. The molecule has 2 heterocycles. The van der Waals surface area contributed by atoms with Gasteiger partial charge in [-0.2, -0.15) is 0 Å². The predicted octanol–water partition coefficient (Wildman–Crippen LogP) is 5.72. The summed E-state index contributed by atoms with van der Waals surface area (Å²) in [5, 5.41) is 0.134. The molecule has 1 aromatic carbocycles. The Kier molecular flexibility index (Phi) is 4.40. The second-order valence-electron chi connectivity index (χ2n) is 7.51. The van der Waals surface area contributed by atoms with Crippen molar-refractivity contribution in [3.8, 4) is 10.4 Å². The van der Waals surface area contributed by atoms with Crippen molar-refractivity contribution in [1.82, 2.24) is 9.38 Å². The molecule has 0 radical (unpaired) electrons. The summed E-state index contributed by atoms with van der Waals surface area (Å²) in [6, 6.07) is 6.90. The van der Waals surface area contributed by atoms with Gasteiger partial charge in [-0.25, -0.2) is 9.37 Å². The fourth-order valence-electron chi connectivity index (χ4n) is 2.29. The third-order valence-electron chi connectivity index (χ3n) is 4.86. The van der Waals surface area contributed by atoms with Crippen LogP contribution in [0.1, 0.15) is 26.5 Å². The lowest BCUT2D eigenvalue weighted by molar-refractivity contribution is 0.272. The van der Waals surface area contributed by atoms with Gasteiger partial charge in [-0.1, -0.05) is 39.0 Å². The van der Waals surface area contributed by atoms with Crippen LogP contribution in [0.2, 0.25) is 18.1 Å². The van der Waals surface area contributed by atoms with Gasteiger partial charge in [-0.05, 0) is 24.2 Å². The molecule has 3 nitrogen and oxygen atoms in total. The van der Waals surface area contributed by atoms with Crippen molar-refractivity contribution in [2.75, 3.05) is 0 Å². The van der Waals surface area contributed by atoms with E-state index in [2.05, 4.69) is 38.8 Å². The molecule has 0 amide bonds. The number of imidazole rings is 1. The van der Waals surface area contributed by atoms with Crippen molar-refractivity contribution in [3.63, 3.8) is 0 Å². The van der Waals surface area contributed by atoms with E-state index >= 15 is 0 Å². The van der Waals surface area contributed by atoms with Crippen molar-refractivity contribution in [3.05, 3.63) is 48.3 Å². The molecule has 0 bridgehead atoms. The second-order valence-corrected chi connectivity index (χ2v) is 13.3. The molecule has 0 saturated heterocycles. The number of thiazole rings is 1. The Labute approximate surface area is 147 Å². The first kappa shape index (κ1) is 17.3. The van der Waals surface area contributed by atoms with E-state index in [9.17, 15) is 4.39 Å². The third kappa shape index (κ3) is 3.06. The van der Waals surface area contributed by atoms with Crippen molar-refractivity contribution in [2.45, 2.75) is 45.5 Å². The first-order chi connectivity index (χ1) is 11.2. The maximum atomic E-state index is 14.3. The lowest BCUT2D eigenvalue weighted by Gasteiger charge is -2.36. The maximum absolute atomic E-state index is 14.3. The van der Waals surface area contributed by atoms with Crippen LogP contribution in [0.25, 0.3) is 15.3 Å². The molecule has 0 N–H and O–H groups in total. The van der Waals surface area contributed by atoms with Gasteiger partial charge in [0.2, 0.25) is 0 Å². The largest absolute Gasteiger partial charge is 0.411 e. The average molecular weight is 363 g/mol. The number of fused-ring (bicyclic) bond motifs is 1. The van der Waals surface area contributed by atoms with E-state index in [1.165, 1.54) is 6.07 Å². The van der Waals surface area contributed by atoms with Crippen molar-refractivity contribution < 1.29 is 8.82 Å². The summed E-state index contributed by atoms with van der Waals surface area (Å²) >= 11 is 1.55. The van der Waals surface area contributed by atoms with Crippen molar-refractivity contribution in [1.29, 1.82) is 0 Å². The van der Waals surface area contributed by atoms with Crippen LogP contribution in [-0.2, 0) is 11.0 Å². The van der Waals surface area contributed by atoms with Crippen LogP contribution in [0.15, 0.2) is 36.8 Å². The van der Waals surface area contributed by atoms with E-state index in [1.807, 2.05) is 22.7 Å². The minimum Gasteiger partial charge on any atom is -0.411 e. The molecular formula is C18H23FN2OSSi. The SMILES string of the molecule is CC(C)(C)[Si](C)(C)OCc1c(-c2ccccc2F)sc2cncn12. The Morgan fingerprint density at radius 2 is 1.96 bits per heavy atom. The molecule has 0 fully saturated rings. The molecular weight excluding hydrogens is 339 g/mol. The average Bonchev–Trinajstić information content (AvgIpc) is 3.05. The zero-order valence-electron chi connectivity index (χ0n) is 14.8. The standard InChI is InChI=1S/C18H23FN2OSSi/c1-18(2,3)24(4,5)22-11-15-17(13-8-6-7-9-14(13)19)23-16-10-20-12-21(15)16/h6-10,12H,11H2,1-5H3. The summed E-state index contributed by atoms with van der Waals surface area (Å²) in [4.78, 5) is 6.13. The highest BCUT2D eigenvalue weighted by atomic mass is 32.1. The number of rotatable bonds is 4. The van der Waals surface area contributed by atoms with E-state index in [1.54, 1.807) is 23.7 Å². The van der Waals surface area contributed by atoms with Crippen LogP contribution in [-0.4, -0.2) is 17.7 Å². The Bertz CT molecular complexity index is 863. The smallest absolute Gasteiger partial charge is 0.192 e. The molecule has 3 rings (SSSR count). The topological polar surface area (TPSA) is 26.5 Å². The molecule has 0 unspecified atom stereocenters. The van der Waals surface area contributed by atoms with Gasteiger partial charge < -0.3 is 4.43 Å². The minimum atomic E-state index is -1.89. The quantitative estimate of drug-likeness (QED) is 0.555. The summed E-state index contributed by atoms with van der Waals surface area (Å²) in [5.41, 5.74) is 1.60. The Morgan fingerprint density at radius 3 is 2.62 bits per heavy atom. The highest BCUT2D eigenvalue weighted by Crippen LogP contribution is 2.39. The Morgan fingerprint density at radius 1 is 1.25 bits per heavy atom. The van der Waals surface area contributed by atoms with Gasteiger partial charge in [-0.15, -0.1) is 11.3 Å². The van der Waals surface area contributed by atoms with Gasteiger partial charge in [0.1, 0.15) is 17.0 Å². The van der Waals surface area contributed by atoms with Gasteiger partial charge in [0.25, 0.3) is 0 Å². The summed E-state index contributed by atoms with van der Waals surface area (Å²) in [7, 11) is -1.89. The van der Waals surface area contributed by atoms with Gasteiger partial charge in [0.15, 0.2) is 8.32 Å². The monoisotopic (exact) mass is 362 g/mol. The van der Waals surface area contributed by atoms with E-state index in [0.29, 0.717) is 12.2 Å². The lowest BCUT2D eigenvalue weighted by Crippen LogP contribution is -2.40. The number of hydrogen-bond donors (Lipinski definition) is 0. The predicted molar refractivity (Wildman–Crippen MR) is 100 cm³/mol. The number of halogens is 1. The Hall–Kier alpha value is -1.50. The van der Waals surface area contributed by atoms with E-state index in [-0.39, 0.29) is 10.9 Å². The molecule has 0 aliphatic rings. The molecule has 0 atom stereocenters. The molecule has 0 spiro atoms.